The largest absolute Gasteiger partial charge is 0.457 e. The van der Waals surface area contributed by atoms with Gasteiger partial charge in [0.15, 0.2) is 0 Å². The Labute approximate surface area is 172 Å². The molecule has 154 valence electrons. The molecule has 0 radical (unpaired) electrons. The number of ether oxygens (including phenoxy) is 1. The summed E-state index contributed by atoms with van der Waals surface area (Å²) >= 11 is 0. The van der Waals surface area contributed by atoms with Crippen molar-refractivity contribution in [2.75, 3.05) is 5.32 Å². The molecule has 2 heterocycles. The van der Waals surface area contributed by atoms with Gasteiger partial charge >= 0.3 is 11.7 Å². The molecule has 0 spiro atoms. The molecule has 3 aromatic rings. The fourth-order valence-corrected chi connectivity index (χ4v) is 3.50. The van der Waals surface area contributed by atoms with Crippen LogP contribution in [0.1, 0.15) is 36.9 Å². The monoisotopic (exact) mass is 406 g/mol. The zero-order valence-electron chi connectivity index (χ0n) is 16.5. The summed E-state index contributed by atoms with van der Waals surface area (Å²) in [6.45, 7) is 2.41. The zero-order valence-corrected chi connectivity index (χ0v) is 16.5. The van der Waals surface area contributed by atoms with Gasteiger partial charge in [0, 0.05) is 6.54 Å². The number of urea groups is 1. The lowest BCUT2D eigenvalue weighted by atomic mass is 9.98. The fourth-order valence-electron chi connectivity index (χ4n) is 3.50. The van der Waals surface area contributed by atoms with Crippen LogP contribution in [-0.2, 0) is 6.54 Å². The van der Waals surface area contributed by atoms with Crippen molar-refractivity contribution in [1.29, 1.82) is 0 Å². The van der Waals surface area contributed by atoms with Crippen molar-refractivity contribution in [1.82, 2.24) is 14.9 Å². The topological polar surface area (TPSA) is 105 Å². The van der Waals surface area contributed by atoms with Crippen LogP contribution in [0.2, 0.25) is 0 Å². The molecule has 0 aliphatic carbocycles. The predicted octanol–water partition coefficient (Wildman–Crippen LogP) is 3.35. The molecule has 3 N–H and O–H groups in total. The number of H-pyrrole nitrogens is 1. The third kappa shape index (κ3) is 3.84. The lowest BCUT2D eigenvalue weighted by molar-refractivity contribution is 0.248. The average Bonchev–Trinajstić information content (AvgIpc) is 2.74. The lowest BCUT2D eigenvalue weighted by Crippen LogP contribution is -2.46. The van der Waals surface area contributed by atoms with E-state index in [1.807, 2.05) is 37.3 Å². The molecule has 1 aromatic heterocycles. The Bertz CT molecular complexity index is 1180. The van der Waals surface area contributed by atoms with Gasteiger partial charge in [0.2, 0.25) is 0 Å². The highest BCUT2D eigenvalue weighted by Gasteiger charge is 2.31. The van der Waals surface area contributed by atoms with Gasteiger partial charge in [0.1, 0.15) is 17.3 Å². The fraction of sp³-hybridized carbons (Fsp3) is 0.227. The minimum Gasteiger partial charge on any atom is -0.457 e. The van der Waals surface area contributed by atoms with E-state index in [1.54, 1.807) is 24.3 Å². The van der Waals surface area contributed by atoms with Gasteiger partial charge in [-0.15, -0.1) is 0 Å². The lowest BCUT2D eigenvalue weighted by Gasteiger charge is -2.28. The number of carbonyl (C=O) groups is 1. The highest BCUT2D eigenvalue weighted by atomic mass is 16.5. The van der Waals surface area contributed by atoms with Gasteiger partial charge in [-0.05, 0) is 36.2 Å². The maximum Gasteiger partial charge on any atom is 0.329 e. The standard InChI is InChI=1S/C22H22N4O4/c1-2-3-12-26-19-17(20(27)25-22(26)29)18(23-21(28)24-19)14-8-7-11-16(13-14)30-15-9-5-4-6-10-15/h4-11,13,18H,2-3,12H2,1H3,(H2,23,24,28)(H,25,27,29). The minimum absolute atomic E-state index is 0.236. The van der Waals surface area contributed by atoms with E-state index in [2.05, 4.69) is 15.6 Å². The summed E-state index contributed by atoms with van der Waals surface area (Å²) in [4.78, 5) is 39.8. The number of nitrogens with zero attached hydrogens (tertiary/aromatic N) is 1. The van der Waals surface area contributed by atoms with Gasteiger partial charge in [-0.1, -0.05) is 43.7 Å². The molecular formula is C22H22N4O4. The van der Waals surface area contributed by atoms with Crippen LogP contribution in [0.4, 0.5) is 10.6 Å². The SMILES string of the molecule is CCCCn1c2c(c(=O)[nH]c1=O)C(c1cccc(Oc3ccccc3)c1)NC(=O)N2. The Kier molecular flexibility index (Phi) is 5.38. The van der Waals surface area contributed by atoms with Gasteiger partial charge in [0.25, 0.3) is 5.56 Å². The summed E-state index contributed by atoms with van der Waals surface area (Å²) in [5.74, 6) is 1.49. The maximum atomic E-state index is 12.7. The molecule has 4 rings (SSSR count). The molecule has 0 saturated heterocycles. The van der Waals surface area contributed by atoms with E-state index in [0.717, 1.165) is 12.8 Å². The van der Waals surface area contributed by atoms with Crippen molar-refractivity contribution in [3.63, 3.8) is 0 Å². The van der Waals surface area contributed by atoms with E-state index in [1.165, 1.54) is 4.57 Å². The first kappa shape index (κ1) is 19.5. The van der Waals surface area contributed by atoms with E-state index < -0.39 is 23.3 Å². The number of hydrogen-bond acceptors (Lipinski definition) is 4. The number of nitrogens with one attached hydrogen (secondary N) is 3. The van der Waals surface area contributed by atoms with Crippen LogP contribution in [0.5, 0.6) is 11.5 Å². The summed E-state index contributed by atoms with van der Waals surface area (Å²) < 4.78 is 7.29. The van der Waals surface area contributed by atoms with Crippen molar-refractivity contribution in [2.45, 2.75) is 32.4 Å². The van der Waals surface area contributed by atoms with E-state index in [-0.39, 0.29) is 5.82 Å². The van der Waals surface area contributed by atoms with Crippen molar-refractivity contribution in [2.24, 2.45) is 0 Å². The van der Waals surface area contributed by atoms with Crippen molar-refractivity contribution >= 4 is 11.8 Å². The molecule has 1 unspecified atom stereocenters. The van der Waals surface area contributed by atoms with Gasteiger partial charge in [0.05, 0.1) is 11.6 Å². The number of unbranched alkanes of at least 4 members (excludes halogenated alkanes) is 1. The molecule has 2 amide bonds. The van der Waals surface area contributed by atoms with E-state index in [4.69, 9.17) is 4.74 Å². The van der Waals surface area contributed by atoms with Gasteiger partial charge in [-0.2, -0.15) is 0 Å². The number of anilines is 1. The van der Waals surface area contributed by atoms with Crippen LogP contribution < -0.4 is 26.6 Å². The Morgan fingerprint density at radius 2 is 1.77 bits per heavy atom. The number of aromatic nitrogens is 2. The summed E-state index contributed by atoms with van der Waals surface area (Å²) in [5, 5.41) is 5.42. The van der Waals surface area contributed by atoms with Crippen molar-refractivity contribution in [3.05, 3.63) is 86.6 Å². The second-order valence-corrected chi connectivity index (χ2v) is 7.05. The molecular weight excluding hydrogens is 384 g/mol. The van der Waals surface area contributed by atoms with Crippen molar-refractivity contribution < 1.29 is 9.53 Å². The Morgan fingerprint density at radius 3 is 2.53 bits per heavy atom. The second-order valence-electron chi connectivity index (χ2n) is 7.05. The van der Waals surface area contributed by atoms with Crippen molar-refractivity contribution in [3.8, 4) is 11.5 Å². The van der Waals surface area contributed by atoms with E-state index in [9.17, 15) is 14.4 Å². The maximum absolute atomic E-state index is 12.7. The van der Waals surface area contributed by atoms with Crippen LogP contribution in [0, 0.1) is 0 Å². The summed E-state index contributed by atoms with van der Waals surface area (Å²) in [5.41, 5.74) is -0.100. The number of rotatable bonds is 6. The first-order valence-electron chi connectivity index (χ1n) is 9.84. The first-order chi connectivity index (χ1) is 14.6. The summed E-state index contributed by atoms with van der Waals surface area (Å²) in [6, 6.07) is 15.3. The van der Waals surface area contributed by atoms with Crippen LogP contribution in [-0.4, -0.2) is 15.6 Å². The number of fused-ring (bicyclic) bond motifs is 1. The number of hydrogen-bond donors (Lipinski definition) is 3. The van der Waals surface area contributed by atoms with E-state index >= 15 is 0 Å². The molecule has 30 heavy (non-hydrogen) atoms. The molecule has 0 saturated carbocycles. The zero-order chi connectivity index (χ0) is 21.1. The molecule has 1 atom stereocenters. The van der Waals surface area contributed by atoms with Crippen LogP contribution in [0.25, 0.3) is 0 Å². The Hall–Kier alpha value is -3.81. The predicted molar refractivity (Wildman–Crippen MR) is 113 cm³/mol. The van der Waals surface area contributed by atoms with E-state index in [0.29, 0.717) is 29.2 Å². The second kappa shape index (κ2) is 8.28. The summed E-state index contributed by atoms with van der Waals surface area (Å²) in [7, 11) is 0. The number of para-hydroxylation sites is 1. The normalized spacial score (nSPS) is 15.1. The molecule has 0 bridgehead atoms. The third-order valence-electron chi connectivity index (χ3n) is 4.94. The van der Waals surface area contributed by atoms with Gasteiger partial charge < -0.3 is 10.1 Å². The molecule has 1 aliphatic rings. The minimum atomic E-state index is -0.717. The number of benzene rings is 2. The van der Waals surface area contributed by atoms with Crippen LogP contribution >= 0.6 is 0 Å². The molecule has 1 aliphatic heterocycles. The Balaban J connectivity index is 1.77. The Morgan fingerprint density at radius 1 is 1.00 bits per heavy atom. The highest BCUT2D eigenvalue weighted by molar-refractivity contribution is 5.92. The van der Waals surface area contributed by atoms with Gasteiger partial charge in [-0.3, -0.25) is 19.7 Å². The molecule has 0 fully saturated rings. The number of amides is 2. The third-order valence-corrected chi connectivity index (χ3v) is 4.94. The number of carbonyl (C=O) groups excluding carboxylic acids is 1. The number of aromatic amines is 1. The average molecular weight is 406 g/mol. The van der Waals surface area contributed by atoms with Crippen LogP contribution in [0.15, 0.2) is 64.2 Å². The molecule has 8 nitrogen and oxygen atoms in total. The smallest absolute Gasteiger partial charge is 0.329 e. The van der Waals surface area contributed by atoms with Crippen LogP contribution in [0.3, 0.4) is 0 Å². The molecule has 2 aromatic carbocycles. The molecule has 8 heteroatoms. The quantitative estimate of drug-likeness (QED) is 0.584. The summed E-state index contributed by atoms with van der Waals surface area (Å²) in [6.07, 6.45) is 1.61. The first-order valence-corrected chi connectivity index (χ1v) is 9.84. The van der Waals surface area contributed by atoms with Gasteiger partial charge in [-0.25, -0.2) is 9.59 Å². The highest BCUT2D eigenvalue weighted by Crippen LogP contribution is 2.31.